The van der Waals surface area contributed by atoms with E-state index in [1.54, 1.807) is 18.4 Å². The van der Waals surface area contributed by atoms with Gasteiger partial charge in [-0.15, -0.1) is 0 Å². The fourth-order valence-corrected chi connectivity index (χ4v) is 3.33. The topological polar surface area (TPSA) is 45.5 Å². The van der Waals surface area contributed by atoms with E-state index >= 15 is 0 Å². The Morgan fingerprint density at radius 1 is 1.38 bits per heavy atom. The Morgan fingerprint density at radius 3 is 2.79 bits per heavy atom. The van der Waals surface area contributed by atoms with Crippen molar-refractivity contribution in [2.75, 3.05) is 6.54 Å². The molecule has 1 aliphatic rings. The Bertz CT molecular complexity index is 699. The molecule has 1 unspecified atom stereocenters. The van der Waals surface area contributed by atoms with Crippen LogP contribution in [0.4, 0.5) is 0 Å². The molecule has 0 saturated heterocycles. The minimum Gasteiger partial charge on any atom is -0.468 e. The first-order chi connectivity index (χ1) is 11.5. The van der Waals surface area contributed by atoms with E-state index in [1.807, 2.05) is 25.1 Å². The first-order valence-electron chi connectivity index (χ1n) is 8.03. The Labute approximate surface area is 151 Å². The predicted molar refractivity (Wildman–Crippen MR) is 95.2 cm³/mol. The average molecular weight is 367 g/mol. The fraction of sp³-hybridized carbons (Fsp3) is 0.389. The number of nitrogens with one attached hydrogen (secondary N) is 1. The van der Waals surface area contributed by atoms with E-state index in [9.17, 15) is 4.79 Å². The summed E-state index contributed by atoms with van der Waals surface area (Å²) in [6.07, 6.45) is 3.92. The van der Waals surface area contributed by atoms with E-state index in [2.05, 4.69) is 10.2 Å². The van der Waals surface area contributed by atoms with E-state index in [1.165, 1.54) is 0 Å². The molecule has 1 amide bonds. The molecular weight excluding hydrogens is 347 g/mol. The zero-order valence-corrected chi connectivity index (χ0v) is 15.0. The second kappa shape index (κ2) is 7.60. The monoisotopic (exact) mass is 366 g/mol. The van der Waals surface area contributed by atoms with Crippen molar-refractivity contribution in [3.05, 3.63) is 58.0 Å². The number of nitrogens with zero attached hydrogens (tertiary/aromatic N) is 1. The van der Waals surface area contributed by atoms with Gasteiger partial charge in [-0.2, -0.15) is 0 Å². The Kier molecular flexibility index (Phi) is 5.49. The molecular formula is C18H20Cl2N2O2. The van der Waals surface area contributed by atoms with Crippen LogP contribution < -0.4 is 5.32 Å². The smallest absolute Gasteiger partial charge is 0.234 e. The van der Waals surface area contributed by atoms with E-state index in [0.717, 1.165) is 24.2 Å². The lowest BCUT2D eigenvalue weighted by atomic mass is 10.1. The van der Waals surface area contributed by atoms with Crippen molar-refractivity contribution < 1.29 is 9.21 Å². The molecule has 0 bridgehead atoms. The lowest BCUT2D eigenvalue weighted by Crippen LogP contribution is -2.39. The molecule has 1 N–H and O–H groups in total. The van der Waals surface area contributed by atoms with Crippen molar-refractivity contribution in [3.8, 4) is 0 Å². The lowest BCUT2D eigenvalue weighted by Gasteiger charge is -2.22. The van der Waals surface area contributed by atoms with E-state index < -0.39 is 0 Å². The number of halogens is 2. The first kappa shape index (κ1) is 17.3. The van der Waals surface area contributed by atoms with Crippen LogP contribution in [0.15, 0.2) is 41.0 Å². The Hall–Kier alpha value is -1.49. The van der Waals surface area contributed by atoms with Crippen LogP contribution in [0.3, 0.4) is 0 Å². The van der Waals surface area contributed by atoms with Crippen LogP contribution in [0.5, 0.6) is 0 Å². The maximum Gasteiger partial charge on any atom is 0.234 e. The summed E-state index contributed by atoms with van der Waals surface area (Å²) < 4.78 is 5.40. The van der Waals surface area contributed by atoms with Gasteiger partial charge in [-0.1, -0.05) is 29.3 Å². The molecule has 1 saturated carbocycles. The summed E-state index contributed by atoms with van der Waals surface area (Å²) in [4.78, 5) is 14.6. The zero-order chi connectivity index (χ0) is 17.1. The van der Waals surface area contributed by atoms with Crippen LogP contribution in [0.25, 0.3) is 0 Å². The van der Waals surface area contributed by atoms with Crippen molar-refractivity contribution in [2.24, 2.45) is 0 Å². The highest BCUT2D eigenvalue weighted by atomic mass is 35.5. The fourth-order valence-electron chi connectivity index (χ4n) is 2.76. The average Bonchev–Trinajstić information content (AvgIpc) is 3.24. The van der Waals surface area contributed by atoms with Gasteiger partial charge in [0.25, 0.3) is 0 Å². The molecule has 1 fully saturated rings. The number of hydrogen-bond acceptors (Lipinski definition) is 3. The van der Waals surface area contributed by atoms with Crippen LogP contribution in [-0.4, -0.2) is 23.4 Å². The summed E-state index contributed by atoms with van der Waals surface area (Å²) in [7, 11) is 0. The van der Waals surface area contributed by atoms with Crippen molar-refractivity contribution in [2.45, 2.75) is 38.4 Å². The summed E-state index contributed by atoms with van der Waals surface area (Å²) >= 11 is 12.1. The van der Waals surface area contributed by atoms with Crippen LogP contribution >= 0.6 is 23.2 Å². The Morgan fingerprint density at radius 2 is 2.17 bits per heavy atom. The highest BCUT2D eigenvalue weighted by Crippen LogP contribution is 2.29. The highest BCUT2D eigenvalue weighted by molar-refractivity contribution is 6.35. The predicted octanol–water partition coefficient (Wildman–Crippen LogP) is 4.43. The molecule has 1 atom stereocenters. The summed E-state index contributed by atoms with van der Waals surface area (Å²) in [6, 6.07) is 9.40. The van der Waals surface area contributed by atoms with Crippen LogP contribution in [0, 0.1) is 0 Å². The van der Waals surface area contributed by atoms with Crippen molar-refractivity contribution in [1.82, 2.24) is 10.2 Å². The van der Waals surface area contributed by atoms with Gasteiger partial charge in [0.05, 0.1) is 25.4 Å². The third kappa shape index (κ3) is 4.53. The Balaban J connectivity index is 1.59. The lowest BCUT2D eigenvalue weighted by molar-refractivity contribution is -0.123. The van der Waals surface area contributed by atoms with Gasteiger partial charge >= 0.3 is 0 Å². The molecule has 4 nitrogen and oxygen atoms in total. The summed E-state index contributed by atoms with van der Waals surface area (Å²) in [6.45, 7) is 2.92. The third-order valence-electron chi connectivity index (χ3n) is 4.16. The molecule has 2 aromatic rings. The number of carbonyl (C=O) groups excluding carboxylic acids is 1. The number of carbonyl (C=O) groups is 1. The number of amides is 1. The third-order valence-corrected chi connectivity index (χ3v) is 4.72. The largest absolute Gasteiger partial charge is 0.468 e. The molecule has 128 valence electrons. The van der Waals surface area contributed by atoms with Gasteiger partial charge < -0.3 is 9.73 Å². The maximum absolute atomic E-state index is 12.4. The zero-order valence-electron chi connectivity index (χ0n) is 13.5. The maximum atomic E-state index is 12.4. The summed E-state index contributed by atoms with van der Waals surface area (Å²) in [5.41, 5.74) is 0.860. The van der Waals surface area contributed by atoms with Crippen molar-refractivity contribution in [1.29, 1.82) is 0 Å². The van der Waals surface area contributed by atoms with Gasteiger partial charge in [0.2, 0.25) is 5.91 Å². The van der Waals surface area contributed by atoms with Gasteiger partial charge in [0.15, 0.2) is 0 Å². The number of rotatable bonds is 7. The van der Waals surface area contributed by atoms with Crippen molar-refractivity contribution >= 4 is 29.1 Å². The molecule has 1 aliphatic carbocycles. The van der Waals surface area contributed by atoms with Gasteiger partial charge in [-0.05, 0) is 49.6 Å². The van der Waals surface area contributed by atoms with Gasteiger partial charge in [-0.25, -0.2) is 0 Å². The quantitative estimate of drug-likeness (QED) is 0.788. The molecule has 0 radical (unpaired) electrons. The van der Waals surface area contributed by atoms with Crippen LogP contribution in [0.2, 0.25) is 10.0 Å². The number of benzene rings is 1. The minimum absolute atomic E-state index is 0.0213. The summed E-state index contributed by atoms with van der Waals surface area (Å²) in [5.74, 6) is 0.857. The molecule has 0 spiro atoms. The van der Waals surface area contributed by atoms with Gasteiger partial charge in [-0.3, -0.25) is 9.69 Å². The second-order valence-corrected chi connectivity index (χ2v) is 7.01. The summed E-state index contributed by atoms with van der Waals surface area (Å²) in [5, 5.41) is 4.15. The molecule has 6 heteroatoms. The van der Waals surface area contributed by atoms with E-state index in [4.69, 9.17) is 27.6 Å². The molecule has 1 aromatic carbocycles. The molecule has 3 rings (SSSR count). The van der Waals surface area contributed by atoms with Crippen LogP contribution in [-0.2, 0) is 11.3 Å². The van der Waals surface area contributed by atoms with Gasteiger partial charge in [0, 0.05) is 16.1 Å². The SMILES string of the molecule is CC(NC(=O)CN(Cc1ccco1)C1CC1)c1ccc(Cl)cc1Cl. The second-order valence-electron chi connectivity index (χ2n) is 6.17. The van der Waals surface area contributed by atoms with E-state index in [-0.39, 0.29) is 11.9 Å². The molecule has 1 aromatic heterocycles. The van der Waals surface area contributed by atoms with Crippen molar-refractivity contribution in [3.63, 3.8) is 0 Å². The van der Waals surface area contributed by atoms with Gasteiger partial charge in [0.1, 0.15) is 5.76 Å². The molecule has 1 heterocycles. The normalized spacial score (nSPS) is 15.5. The molecule has 0 aliphatic heterocycles. The van der Waals surface area contributed by atoms with E-state index in [0.29, 0.717) is 29.2 Å². The first-order valence-corrected chi connectivity index (χ1v) is 8.79. The number of furan rings is 1. The molecule has 24 heavy (non-hydrogen) atoms. The standard InChI is InChI=1S/C18H20Cl2N2O2/c1-12(16-7-4-13(19)9-17(16)20)21-18(23)11-22(14-5-6-14)10-15-3-2-8-24-15/h2-4,7-9,12,14H,5-6,10-11H2,1H3,(H,21,23). The van der Waals surface area contributed by atoms with Crippen LogP contribution in [0.1, 0.15) is 37.1 Å². The number of hydrogen-bond donors (Lipinski definition) is 1. The minimum atomic E-state index is -0.174. The highest BCUT2D eigenvalue weighted by Gasteiger charge is 2.31.